The van der Waals surface area contributed by atoms with Gasteiger partial charge in [-0.1, -0.05) is 13.8 Å². The average molecular weight is 246 g/mol. The Balaban J connectivity index is 2.10. The van der Waals surface area contributed by atoms with Gasteiger partial charge in [0, 0.05) is 24.3 Å². The highest BCUT2D eigenvalue weighted by atomic mass is 16.2. The molecule has 1 saturated heterocycles. The molecule has 0 bridgehead atoms. The van der Waals surface area contributed by atoms with Crippen molar-refractivity contribution < 1.29 is 4.79 Å². The first-order valence-corrected chi connectivity index (χ1v) is 6.64. The number of benzene rings is 1. The molecule has 0 aromatic heterocycles. The molecule has 0 radical (unpaired) electrons. The Morgan fingerprint density at radius 2 is 2.17 bits per heavy atom. The van der Waals surface area contributed by atoms with Crippen LogP contribution in [0.5, 0.6) is 0 Å². The number of aryl methyl sites for hydroxylation is 1. The van der Waals surface area contributed by atoms with Gasteiger partial charge in [-0.3, -0.25) is 4.79 Å². The van der Waals surface area contributed by atoms with Gasteiger partial charge < -0.3 is 10.6 Å². The molecule has 1 aromatic carbocycles. The lowest BCUT2D eigenvalue weighted by molar-refractivity contribution is 0.0784. The fourth-order valence-electron chi connectivity index (χ4n) is 2.51. The highest BCUT2D eigenvalue weighted by Gasteiger charge is 2.28. The molecule has 1 fully saturated rings. The van der Waals surface area contributed by atoms with Crippen molar-refractivity contribution in [2.75, 3.05) is 18.8 Å². The average Bonchev–Trinajstić information content (AvgIpc) is 2.81. The third kappa shape index (κ3) is 2.50. The van der Waals surface area contributed by atoms with Gasteiger partial charge >= 0.3 is 0 Å². The van der Waals surface area contributed by atoms with Crippen molar-refractivity contribution in [2.45, 2.75) is 27.2 Å². The number of likely N-dealkylation sites (tertiary alicyclic amines) is 1. The normalized spacial score (nSPS) is 19.6. The zero-order chi connectivity index (χ0) is 13.3. The van der Waals surface area contributed by atoms with E-state index in [0.29, 0.717) is 11.8 Å². The minimum absolute atomic E-state index is 0.140. The van der Waals surface area contributed by atoms with Gasteiger partial charge in [-0.05, 0) is 48.9 Å². The predicted octanol–water partition coefficient (Wildman–Crippen LogP) is 2.70. The van der Waals surface area contributed by atoms with E-state index < -0.39 is 0 Å². The fraction of sp³-hybridized carbons (Fsp3) is 0.533. The maximum Gasteiger partial charge on any atom is 0.253 e. The van der Waals surface area contributed by atoms with Crippen molar-refractivity contribution in [1.29, 1.82) is 0 Å². The summed E-state index contributed by atoms with van der Waals surface area (Å²) in [7, 11) is 0. The second-order valence-corrected chi connectivity index (χ2v) is 5.62. The summed E-state index contributed by atoms with van der Waals surface area (Å²) in [6, 6.07) is 5.53. The van der Waals surface area contributed by atoms with Crippen molar-refractivity contribution in [3.63, 3.8) is 0 Å². The van der Waals surface area contributed by atoms with Crippen LogP contribution in [-0.2, 0) is 0 Å². The maximum absolute atomic E-state index is 12.4. The Hall–Kier alpha value is -1.51. The summed E-state index contributed by atoms with van der Waals surface area (Å²) in [6.07, 6.45) is 1.12. The zero-order valence-electron chi connectivity index (χ0n) is 11.4. The highest BCUT2D eigenvalue weighted by molar-refractivity contribution is 5.95. The predicted molar refractivity (Wildman–Crippen MR) is 74.4 cm³/mol. The summed E-state index contributed by atoms with van der Waals surface area (Å²) in [5.41, 5.74) is 8.25. The number of anilines is 1. The minimum Gasteiger partial charge on any atom is -0.399 e. The van der Waals surface area contributed by atoms with E-state index in [1.165, 1.54) is 0 Å². The van der Waals surface area contributed by atoms with E-state index in [4.69, 9.17) is 5.73 Å². The van der Waals surface area contributed by atoms with E-state index in [2.05, 4.69) is 13.8 Å². The molecule has 1 heterocycles. The Morgan fingerprint density at radius 3 is 2.72 bits per heavy atom. The first-order chi connectivity index (χ1) is 8.49. The molecule has 1 aromatic rings. The van der Waals surface area contributed by atoms with E-state index in [1.54, 1.807) is 0 Å². The number of rotatable bonds is 2. The van der Waals surface area contributed by atoms with E-state index in [9.17, 15) is 4.79 Å². The maximum atomic E-state index is 12.4. The largest absolute Gasteiger partial charge is 0.399 e. The molecule has 3 heteroatoms. The molecule has 2 N–H and O–H groups in total. The first kappa shape index (κ1) is 12.9. The Kier molecular flexibility index (Phi) is 3.60. The molecule has 1 amide bonds. The number of carbonyl (C=O) groups is 1. The summed E-state index contributed by atoms with van der Waals surface area (Å²) in [4.78, 5) is 14.3. The van der Waals surface area contributed by atoms with Crippen LogP contribution < -0.4 is 5.73 Å². The standard InChI is InChI=1S/C15H22N2O/c1-10(2)13-6-7-17(9-13)15(18)12-4-5-14(16)11(3)8-12/h4-5,8,10,13H,6-7,9,16H2,1-3H3. The highest BCUT2D eigenvalue weighted by Crippen LogP contribution is 2.25. The third-order valence-electron chi connectivity index (χ3n) is 3.97. The molecule has 1 atom stereocenters. The molecule has 1 aliphatic heterocycles. The Bertz CT molecular complexity index is 454. The van der Waals surface area contributed by atoms with Crippen LogP contribution in [0.3, 0.4) is 0 Å². The summed E-state index contributed by atoms with van der Waals surface area (Å²) < 4.78 is 0. The van der Waals surface area contributed by atoms with Gasteiger partial charge in [0.05, 0.1) is 0 Å². The number of carbonyl (C=O) groups excluding carboxylic acids is 1. The van der Waals surface area contributed by atoms with Gasteiger partial charge in [0.1, 0.15) is 0 Å². The topological polar surface area (TPSA) is 46.3 Å². The molecule has 0 spiro atoms. The van der Waals surface area contributed by atoms with E-state index in [0.717, 1.165) is 36.3 Å². The van der Waals surface area contributed by atoms with Crippen LogP contribution in [0.2, 0.25) is 0 Å². The second kappa shape index (κ2) is 5.01. The number of nitrogens with zero attached hydrogens (tertiary/aromatic N) is 1. The van der Waals surface area contributed by atoms with Crippen molar-refractivity contribution in [3.8, 4) is 0 Å². The van der Waals surface area contributed by atoms with Crippen LogP contribution in [0.1, 0.15) is 36.2 Å². The van der Waals surface area contributed by atoms with Crippen molar-refractivity contribution >= 4 is 11.6 Å². The molecule has 98 valence electrons. The van der Waals surface area contributed by atoms with Crippen LogP contribution in [-0.4, -0.2) is 23.9 Å². The van der Waals surface area contributed by atoms with Crippen LogP contribution in [0.4, 0.5) is 5.69 Å². The molecular formula is C15H22N2O. The van der Waals surface area contributed by atoms with Gasteiger partial charge in [-0.2, -0.15) is 0 Å². The minimum atomic E-state index is 0.140. The smallest absolute Gasteiger partial charge is 0.253 e. The Morgan fingerprint density at radius 1 is 1.44 bits per heavy atom. The number of hydrogen-bond acceptors (Lipinski definition) is 2. The number of amides is 1. The van der Waals surface area contributed by atoms with Crippen LogP contribution in [0.15, 0.2) is 18.2 Å². The summed E-state index contributed by atoms with van der Waals surface area (Å²) >= 11 is 0. The number of hydrogen-bond donors (Lipinski definition) is 1. The lowest BCUT2D eigenvalue weighted by Gasteiger charge is -2.18. The van der Waals surface area contributed by atoms with Crippen LogP contribution in [0, 0.1) is 18.8 Å². The third-order valence-corrected chi connectivity index (χ3v) is 3.97. The van der Waals surface area contributed by atoms with Gasteiger partial charge in [-0.25, -0.2) is 0 Å². The molecule has 3 nitrogen and oxygen atoms in total. The van der Waals surface area contributed by atoms with Gasteiger partial charge in [0.25, 0.3) is 5.91 Å². The van der Waals surface area contributed by atoms with Gasteiger partial charge in [0.2, 0.25) is 0 Å². The zero-order valence-corrected chi connectivity index (χ0v) is 11.4. The number of nitrogens with two attached hydrogens (primary N) is 1. The Labute approximate surface area is 109 Å². The van der Waals surface area contributed by atoms with Gasteiger partial charge in [0.15, 0.2) is 0 Å². The summed E-state index contributed by atoms with van der Waals surface area (Å²) in [5.74, 6) is 1.43. The second-order valence-electron chi connectivity index (χ2n) is 5.62. The van der Waals surface area contributed by atoms with Gasteiger partial charge in [-0.15, -0.1) is 0 Å². The number of nitrogen functional groups attached to an aromatic ring is 1. The SMILES string of the molecule is Cc1cc(C(=O)N2CCC(C(C)C)C2)ccc1N. The molecule has 18 heavy (non-hydrogen) atoms. The molecular weight excluding hydrogens is 224 g/mol. The van der Waals surface area contributed by atoms with E-state index in [-0.39, 0.29) is 5.91 Å². The van der Waals surface area contributed by atoms with Crippen molar-refractivity contribution in [2.24, 2.45) is 11.8 Å². The molecule has 2 rings (SSSR count). The first-order valence-electron chi connectivity index (χ1n) is 6.64. The quantitative estimate of drug-likeness (QED) is 0.815. The van der Waals surface area contributed by atoms with Crippen molar-refractivity contribution in [1.82, 2.24) is 4.90 Å². The molecule has 1 unspecified atom stereocenters. The molecule has 1 aliphatic rings. The van der Waals surface area contributed by atoms with E-state index in [1.807, 2.05) is 30.0 Å². The van der Waals surface area contributed by atoms with Crippen molar-refractivity contribution in [3.05, 3.63) is 29.3 Å². The van der Waals surface area contributed by atoms with Crippen LogP contribution >= 0.6 is 0 Å². The van der Waals surface area contributed by atoms with Crippen LogP contribution in [0.25, 0.3) is 0 Å². The molecule has 0 saturated carbocycles. The lowest BCUT2D eigenvalue weighted by Crippen LogP contribution is -2.29. The van der Waals surface area contributed by atoms with E-state index >= 15 is 0 Å². The summed E-state index contributed by atoms with van der Waals surface area (Å²) in [5, 5.41) is 0. The fourth-order valence-corrected chi connectivity index (χ4v) is 2.51. The lowest BCUT2D eigenvalue weighted by atomic mass is 9.95. The molecule has 0 aliphatic carbocycles. The summed E-state index contributed by atoms with van der Waals surface area (Å²) in [6.45, 7) is 8.16. The monoisotopic (exact) mass is 246 g/mol.